The van der Waals surface area contributed by atoms with E-state index in [2.05, 4.69) is 30.9 Å². The zero-order valence-electron chi connectivity index (χ0n) is 16.8. The molecule has 4 atom stereocenters. The van der Waals surface area contributed by atoms with Crippen LogP contribution in [-0.2, 0) is 11.8 Å². The van der Waals surface area contributed by atoms with Crippen LogP contribution in [0.25, 0.3) is 0 Å². The second-order valence-corrected chi connectivity index (χ2v) is 10.4. The Morgan fingerprint density at radius 1 is 1.22 bits per heavy atom. The standard InChI is InChI=1S/C23H31NO3/c1-21(2)8-9-23(25)17-12-15-6-7-16(26-3)19-18(15)22(23,20(21)27-19)10-11-24(17)13-14-4-5-14/h6-7,14,17,20,25H,4-5,8-13H2,1-3H3/t17-,20+,22+,23-/m0/s1. The van der Waals surface area contributed by atoms with Gasteiger partial charge in [0.2, 0.25) is 0 Å². The third kappa shape index (κ3) is 1.87. The van der Waals surface area contributed by atoms with Crippen LogP contribution in [0.2, 0.25) is 0 Å². The molecular formula is C23H31NO3. The van der Waals surface area contributed by atoms with Crippen LogP contribution in [0.4, 0.5) is 0 Å². The molecule has 0 aromatic heterocycles. The molecule has 146 valence electrons. The lowest BCUT2D eigenvalue weighted by molar-refractivity contribution is -0.211. The van der Waals surface area contributed by atoms with Gasteiger partial charge in [0.05, 0.1) is 18.1 Å². The third-order valence-electron chi connectivity index (χ3n) is 8.58. The van der Waals surface area contributed by atoms with Crippen molar-refractivity contribution in [3.05, 3.63) is 23.3 Å². The Hall–Kier alpha value is -1.26. The number of aliphatic hydroxyl groups is 1. The van der Waals surface area contributed by atoms with Crippen molar-refractivity contribution in [1.29, 1.82) is 0 Å². The molecular weight excluding hydrogens is 338 g/mol. The van der Waals surface area contributed by atoms with Crippen molar-refractivity contribution in [1.82, 2.24) is 4.90 Å². The fourth-order valence-corrected chi connectivity index (χ4v) is 7.10. The molecule has 3 fully saturated rings. The maximum absolute atomic E-state index is 12.3. The van der Waals surface area contributed by atoms with Gasteiger partial charge < -0.3 is 14.6 Å². The molecule has 4 nitrogen and oxygen atoms in total. The van der Waals surface area contributed by atoms with E-state index in [1.165, 1.54) is 24.0 Å². The average Bonchev–Trinajstić information content (AvgIpc) is 3.37. The molecule has 2 aliphatic heterocycles. The van der Waals surface area contributed by atoms with Gasteiger partial charge in [-0.25, -0.2) is 0 Å². The van der Waals surface area contributed by atoms with E-state index in [4.69, 9.17) is 9.47 Å². The number of nitrogens with zero attached hydrogens (tertiary/aromatic N) is 1. The van der Waals surface area contributed by atoms with Gasteiger partial charge in [-0.05, 0) is 62.6 Å². The van der Waals surface area contributed by atoms with E-state index in [1.807, 2.05) is 0 Å². The van der Waals surface area contributed by atoms with E-state index in [0.717, 1.165) is 56.2 Å². The molecule has 27 heavy (non-hydrogen) atoms. The van der Waals surface area contributed by atoms with E-state index in [9.17, 15) is 5.11 Å². The molecule has 2 saturated carbocycles. The highest BCUT2D eigenvalue weighted by molar-refractivity contribution is 5.63. The van der Waals surface area contributed by atoms with Crippen LogP contribution in [0.1, 0.15) is 57.1 Å². The number of hydrogen-bond acceptors (Lipinski definition) is 4. The molecule has 1 N–H and O–H groups in total. The van der Waals surface area contributed by atoms with Crippen LogP contribution in [0.5, 0.6) is 11.5 Å². The molecule has 4 heteroatoms. The molecule has 1 aromatic rings. The van der Waals surface area contributed by atoms with Crippen LogP contribution >= 0.6 is 0 Å². The number of methoxy groups -OCH3 is 1. The van der Waals surface area contributed by atoms with E-state index >= 15 is 0 Å². The molecule has 3 aliphatic carbocycles. The number of rotatable bonds is 3. The van der Waals surface area contributed by atoms with Crippen molar-refractivity contribution in [2.45, 2.75) is 75.5 Å². The zero-order valence-corrected chi connectivity index (χ0v) is 16.8. The van der Waals surface area contributed by atoms with Gasteiger partial charge in [-0.3, -0.25) is 4.90 Å². The second-order valence-electron chi connectivity index (χ2n) is 10.4. The molecule has 1 aromatic carbocycles. The molecule has 2 bridgehead atoms. The normalized spacial score (nSPS) is 41.0. The van der Waals surface area contributed by atoms with E-state index in [-0.39, 0.29) is 23.0 Å². The first kappa shape index (κ1) is 16.7. The molecule has 1 spiro atoms. The van der Waals surface area contributed by atoms with Crippen molar-refractivity contribution in [2.24, 2.45) is 11.3 Å². The molecule has 6 rings (SSSR count). The summed E-state index contributed by atoms with van der Waals surface area (Å²) in [6, 6.07) is 4.53. The smallest absolute Gasteiger partial charge is 0.165 e. The maximum atomic E-state index is 12.3. The summed E-state index contributed by atoms with van der Waals surface area (Å²) in [5.74, 6) is 2.60. The van der Waals surface area contributed by atoms with Crippen LogP contribution in [-0.4, -0.2) is 48.0 Å². The minimum absolute atomic E-state index is 0.0275. The molecule has 0 unspecified atom stereocenters. The maximum Gasteiger partial charge on any atom is 0.165 e. The third-order valence-corrected chi connectivity index (χ3v) is 8.58. The number of piperidine rings is 1. The lowest BCUT2D eigenvalue weighted by Gasteiger charge is -2.65. The average molecular weight is 370 g/mol. The monoisotopic (exact) mass is 369 g/mol. The highest BCUT2D eigenvalue weighted by atomic mass is 16.5. The topological polar surface area (TPSA) is 41.9 Å². The summed E-state index contributed by atoms with van der Waals surface area (Å²) in [6.07, 6.45) is 6.57. The van der Waals surface area contributed by atoms with Gasteiger partial charge in [0.1, 0.15) is 6.10 Å². The summed E-state index contributed by atoms with van der Waals surface area (Å²) >= 11 is 0. The minimum Gasteiger partial charge on any atom is -0.493 e. The Bertz CT molecular complexity index is 816. The highest BCUT2D eigenvalue weighted by Gasteiger charge is 2.74. The predicted octanol–water partition coefficient (Wildman–Crippen LogP) is 3.29. The summed E-state index contributed by atoms with van der Waals surface area (Å²) in [4.78, 5) is 2.63. The Morgan fingerprint density at radius 2 is 2.04 bits per heavy atom. The van der Waals surface area contributed by atoms with Crippen molar-refractivity contribution in [2.75, 3.05) is 20.2 Å². The summed E-state index contributed by atoms with van der Waals surface area (Å²) in [7, 11) is 1.72. The van der Waals surface area contributed by atoms with Crippen molar-refractivity contribution >= 4 is 0 Å². The van der Waals surface area contributed by atoms with Crippen molar-refractivity contribution in [3.8, 4) is 11.5 Å². The first-order chi connectivity index (χ1) is 12.9. The number of hydrogen-bond donors (Lipinski definition) is 1. The summed E-state index contributed by atoms with van der Waals surface area (Å²) < 4.78 is 12.4. The van der Waals surface area contributed by atoms with Crippen molar-refractivity contribution < 1.29 is 14.6 Å². The van der Waals surface area contributed by atoms with Gasteiger partial charge in [0.25, 0.3) is 0 Å². The lowest BCUT2D eigenvalue weighted by Crippen LogP contribution is -2.77. The first-order valence-corrected chi connectivity index (χ1v) is 10.7. The SMILES string of the molecule is COc1ccc2c3c1O[C@@H]1C(C)(C)CC[C@]4(O)[C@H](C2)N(CC2CC2)CC[C@@]314. The molecule has 0 amide bonds. The Balaban J connectivity index is 1.57. The van der Waals surface area contributed by atoms with Crippen LogP contribution in [0.3, 0.4) is 0 Å². The zero-order chi connectivity index (χ0) is 18.6. The van der Waals surface area contributed by atoms with Gasteiger partial charge in [-0.15, -0.1) is 0 Å². The summed E-state index contributed by atoms with van der Waals surface area (Å²) in [5.41, 5.74) is 1.74. The fraction of sp³-hybridized carbons (Fsp3) is 0.739. The number of ether oxygens (including phenoxy) is 2. The van der Waals surface area contributed by atoms with E-state index < -0.39 is 5.60 Å². The van der Waals surface area contributed by atoms with E-state index in [0.29, 0.717) is 0 Å². The fourth-order valence-electron chi connectivity index (χ4n) is 7.10. The Kier molecular flexibility index (Phi) is 3.10. The van der Waals surface area contributed by atoms with Crippen LogP contribution in [0, 0.1) is 11.3 Å². The molecule has 0 radical (unpaired) electrons. The highest BCUT2D eigenvalue weighted by Crippen LogP contribution is 2.68. The predicted molar refractivity (Wildman–Crippen MR) is 103 cm³/mol. The largest absolute Gasteiger partial charge is 0.493 e. The quantitative estimate of drug-likeness (QED) is 0.888. The first-order valence-electron chi connectivity index (χ1n) is 10.7. The van der Waals surface area contributed by atoms with Gasteiger partial charge in [-0.2, -0.15) is 0 Å². The van der Waals surface area contributed by atoms with Crippen molar-refractivity contribution in [3.63, 3.8) is 0 Å². The number of benzene rings is 1. The Labute approximate surface area is 161 Å². The molecule has 5 aliphatic rings. The Morgan fingerprint density at radius 3 is 2.78 bits per heavy atom. The molecule has 2 heterocycles. The van der Waals surface area contributed by atoms with Gasteiger partial charge >= 0.3 is 0 Å². The van der Waals surface area contributed by atoms with Crippen LogP contribution in [0.15, 0.2) is 12.1 Å². The lowest BCUT2D eigenvalue weighted by atomic mass is 9.45. The van der Waals surface area contributed by atoms with E-state index in [1.54, 1.807) is 7.11 Å². The van der Waals surface area contributed by atoms with Gasteiger partial charge in [-0.1, -0.05) is 19.9 Å². The summed E-state index contributed by atoms with van der Waals surface area (Å²) in [5, 5.41) is 12.3. The van der Waals surface area contributed by atoms with Gasteiger partial charge in [0, 0.05) is 23.6 Å². The van der Waals surface area contributed by atoms with Gasteiger partial charge in [0.15, 0.2) is 11.5 Å². The second kappa shape index (κ2) is 5.01. The molecule has 1 saturated heterocycles. The minimum atomic E-state index is -0.690. The van der Waals surface area contributed by atoms with Crippen LogP contribution < -0.4 is 9.47 Å². The number of likely N-dealkylation sites (tertiary alicyclic amines) is 1. The summed E-state index contributed by atoms with van der Waals surface area (Å²) in [6.45, 7) is 6.89.